The van der Waals surface area contributed by atoms with Crippen LogP contribution < -0.4 is 10.1 Å². The monoisotopic (exact) mass is 538 g/mol. The third kappa shape index (κ3) is 5.75. The van der Waals surface area contributed by atoms with Crippen molar-refractivity contribution in [2.75, 3.05) is 25.5 Å². The zero-order valence-electron chi connectivity index (χ0n) is 23.4. The number of hydrogen-bond donors (Lipinski definition) is 1. The predicted molar refractivity (Wildman–Crippen MR) is 156 cm³/mol. The number of nitrogens with one attached hydrogen (secondary N) is 1. The van der Waals surface area contributed by atoms with E-state index >= 15 is 0 Å². The van der Waals surface area contributed by atoms with Crippen molar-refractivity contribution in [2.24, 2.45) is 0 Å². The molecule has 0 spiro atoms. The van der Waals surface area contributed by atoms with E-state index in [4.69, 9.17) is 9.26 Å². The van der Waals surface area contributed by atoms with Gasteiger partial charge < -0.3 is 19.5 Å². The van der Waals surface area contributed by atoms with E-state index in [0.717, 1.165) is 61.0 Å². The number of amides is 1. The summed E-state index contributed by atoms with van der Waals surface area (Å²) >= 11 is 0. The molecule has 3 aliphatic rings. The molecule has 1 unspecified atom stereocenters. The van der Waals surface area contributed by atoms with E-state index in [2.05, 4.69) is 44.6 Å². The number of piperidine rings is 1. The van der Waals surface area contributed by atoms with E-state index in [1.54, 1.807) is 7.11 Å². The Morgan fingerprint density at radius 2 is 1.90 bits per heavy atom. The number of carbonyl (C=O) groups excluding carboxylic acids is 1. The Morgan fingerprint density at radius 1 is 1.07 bits per heavy atom. The number of aryl methyl sites for hydroxylation is 1. The summed E-state index contributed by atoms with van der Waals surface area (Å²) in [5.74, 6) is 2.60. The second-order valence-electron chi connectivity index (χ2n) is 11.3. The SMILES string of the molecule is COc1ccc(NC(=O)C2=CCC(c3cccc(-c4nc(C)no4)c3)C=C2)cc1C1CCN(C2CCCC2)CC1. The van der Waals surface area contributed by atoms with Crippen LogP contribution in [0.4, 0.5) is 5.69 Å². The zero-order chi connectivity index (χ0) is 27.5. The maximum Gasteiger partial charge on any atom is 0.257 e. The highest BCUT2D eigenvalue weighted by molar-refractivity contribution is 6.06. The summed E-state index contributed by atoms with van der Waals surface area (Å²) in [5.41, 5.74) is 4.76. The zero-order valence-corrected chi connectivity index (χ0v) is 23.4. The maximum absolute atomic E-state index is 13.2. The van der Waals surface area contributed by atoms with Gasteiger partial charge >= 0.3 is 0 Å². The van der Waals surface area contributed by atoms with Crippen LogP contribution in [-0.4, -0.2) is 47.2 Å². The fourth-order valence-electron chi connectivity index (χ4n) is 6.53. The Labute approximate surface area is 236 Å². The minimum atomic E-state index is -0.0862. The molecule has 1 aromatic heterocycles. The maximum atomic E-state index is 13.2. The molecule has 2 fully saturated rings. The number of likely N-dealkylation sites (tertiary alicyclic amines) is 1. The molecule has 1 amide bonds. The molecule has 1 aliphatic heterocycles. The lowest BCUT2D eigenvalue weighted by molar-refractivity contribution is -0.112. The molecular formula is C33H38N4O3. The van der Waals surface area contributed by atoms with Gasteiger partial charge in [0.05, 0.1) is 7.11 Å². The Bertz CT molecular complexity index is 1410. The molecule has 6 rings (SSSR count). The third-order valence-electron chi connectivity index (χ3n) is 8.75. The van der Waals surface area contributed by atoms with Crippen molar-refractivity contribution in [2.45, 2.75) is 69.7 Å². The first kappa shape index (κ1) is 26.5. The van der Waals surface area contributed by atoms with Gasteiger partial charge in [0, 0.05) is 28.8 Å². The van der Waals surface area contributed by atoms with Gasteiger partial charge in [0.2, 0.25) is 0 Å². The van der Waals surface area contributed by atoms with Gasteiger partial charge in [-0.15, -0.1) is 0 Å². The van der Waals surface area contributed by atoms with Crippen molar-refractivity contribution in [3.05, 3.63) is 83.2 Å². The second kappa shape index (κ2) is 11.8. The molecule has 0 bridgehead atoms. The van der Waals surface area contributed by atoms with E-state index < -0.39 is 0 Å². The Morgan fingerprint density at radius 3 is 2.60 bits per heavy atom. The van der Waals surface area contributed by atoms with E-state index in [1.807, 2.05) is 43.3 Å². The molecule has 2 aromatic carbocycles. The highest BCUT2D eigenvalue weighted by atomic mass is 16.5. The van der Waals surface area contributed by atoms with Crippen LogP contribution in [0.5, 0.6) is 5.75 Å². The van der Waals surface area contributed by atoms with Crippen LogP contribution in [0.3, 0.4) is 0 Å². The number of anilines is 1. The summed E-state index contributed by atoms with van der Waals surface area (Å²) < 4.78 is 11.1. The van der Waals surface area contributed by atoms with Gasteiger partial charge in [0.15, 0.2) is 5.82 Å². The first-order valence-corrected chi connectivity index (χ1v) is 14.6. The van der Waals surface area contributed by atoms with Crippen LogP contribution >= 0.6 is 0 Å². The van der Waals surface area contributed by atoms with Gasteiger partial charge in [0.25, 0.3) is 11.8 Å². The van der Waals surface area contributed by atoms with Crippen molar-refractivity contribution in [1.29, 1.82) is 0 Å². The molecule has 40 heavy (non-hydrogen) atoms. The molecule has 3 aromatic rings. The topological polar surface area (TPSA) is 80.5 Å². The average molecular weight is 539 g/mol. The number of carbonyl (C=O) groups is 1. The highest BCUT2D eigenvalue weighted by Crippen LogP contribution is 2.38. The summed E-state index contributed by atoms with van der Waals surface area (Å²) in [4.78, 5) is 20.2. The predicted octanol–water partition coefficient (Wildman–Crippen LogP) is 6.78. The van der Waals surface area contributed by atoms with Crippen molar-refractivity contribution in [1.82, 2.24) is 15.0 Å². The summed E-state index contributed by atoms with van der Waals surface area (Å²) in [6.07, 6.45) is 14.5. The molecule has 208 valence electrons. The first-order chi connectivity index (χ1) is 19.6. The van der Waals surface area contributed by atoms with Gasteiger partial charge in [-0.05, 0) is 99.5 Å². The fourth-order valence-corrected chi connectivity index (χ4v) is 6.53. The fraction of sp³-hybridized carbons (Fsp3) is 0.424. The molecule has 2 heterocycles. The van der Waals surface area contributed by atoms with E-state index in [1.165, 1.54) is 31.2 Å². The third-order valence-corrected chi connectivity index (χ3v) is 8.75. The molecule has 2 aliphatic carbocycles. The standard InChI is InChI=1S/C33H38N4O3/c1-22-34-33(40-36-22)27-7-5-6-26(20-27)23-10-12-25(13-11-23)32(38)35-28-14-15-31(39-2)30(21-28)24-16-18-37(19-17-24)29-8-3-4-9-29/h5-7,10,12-15,20-21,23-24,29H,3-4,8-9,11,16-19H2,1-2H3,(H,35,38). The van der Waals surface area contributed by atoms with Crippen LogP contribution in [0, 0.1) is 6.92 Å². The van der Waals surface area contributed by atoms with E-state index in [9.17, 15) is 4.79 Å². The number of nitrogens with zero attached hydrogens (tertiary/aromatic N) is 3. The number of allylic oxidation sites excluding steroid dienone is 2. The van der Waals surface area contributed by atoms with Gasteiger partial charge in [-0.2, -0.15) is 4.98 Å². The Balaban J connectivity index is 1.09. The quantitative estimate of drug-likeness (QED) is 0.357. The van der Waals surface area contributed by atoms with Crippen LogP contribution in [0.15, 0.2) is 70.8 Å². The largest absolute Gasteiger partial charge is 0.496 e. The molecule has 1 atom stereocenters. The number of methoxy groups -OCH3 is 1. The van der Waals surface area contributed by atoms with E-state index in [-0.39, 0.29) is 11.8 Å². The normalized spacial score (nSPS) is 20.4. The van der Waals surface area contributed by atoms with Gasteiger partial charge in [-0.3, -0.25) is 4.79 Å². The summed E-state index contributed by atoms with van der Waals surface area (Å²) in [7, 11) is 1.73. The summed E-state index contributed by atoms with van der Waals surface area (Å²) in [5, 5.41) is 7.03. The van der Waals surface area contributed by atoms with Gasteiger partial charge in [-0.25, -0.2) is 0 Å². The molecule has 7 heteroatoms. The highest BCUT2D eigenvalue weighted by Gasteiger charge is 2.29. The summed E-state index contributed by atoms with van der Waals surface area (Å²) in [6.45, 7) is 4.10. The van der Waals surface area contributed by atoms with Crippen molar-refractivity contribution >= 4 is 11.6 Å². The van der Waals surface area contributed by atoms with Crippen LogP contribution in [-0.2, 0) is 4.79 Å². The molecular weight excluding hydrogens is 500 g/mol. The van der Waals surface area contributed by atoms with Crippen molar-refractivity contribution in [3.8, 4) is 17.2 Å². The molecule has 1 saturated carbocycles. The van der Waals surface area contributed by atoms with Crippen molar-refractivity contribution in [3.63, 3.8) is 0 Å². The van der Waals surface area contributed by atoms with E-state index in [0.29, 0.717) is 23.2 Å². The van der Waals surface area contributed by atoms with Crippen LogP contribution in [0.25, 0.3) is 11.5 Å². The van der Waals surface area contributed by atoms with Gasteiger partial charge in [-0.1, -0.05) is 48.4 Å². The first-order valence-electron chi connectivity index (χ1n) is 14.6. The van der Waals surface area contributed by atoms with Crippen LogP contribution in [0.1, 0.15) is 73.7 Å². The molecule has 1 saturated heterocycles. The molecule has 0 radical (unpaired) electrons. The van der Waals surface area contributed by atoms with Crippen LogP contribution in [0.2, 0.25) is 0 Å². The minimum Gasteiger partial charge on any atom is -0.496 e. The Kier molecular flexibility index (Phi) is 7.82. The smallest absolute Gasteiger partial charge is 0.257 e. The number of benzene rings is 2. The molecule has 7 nitrogen and oxygen atoms in total. The Hall–Kier alpha value is -3.71. The average Bonchev–Trinajstić information content (AvgIpc) is 3.70. The number of ether oxygens (including phenoxy) is 1. The lowest BCUT2D eigenvalue weighted by Gasteiger charge is -2.36. The summed E-state index contributed by atoms with van der Waals surface area (Å²) in [6, 6.07) is 15.0. The molecule has 1 N–H and O–H groups in total. The lowest BCUT2D eigenvalue weighted by atomic mass is 9.87. The second-order valence-corrected chi connectivity index (χ2v) is 11.3. The minimum absolute atomic E-state index is 0.0862. The van der Waals surface area contributed by atoms with Crippen molar-refractivity contribution < 1.29 is 14.1 Å². The number of rotatable bonds is 7. The van der Waals surface area contributed by atoms with Gasteiger partial charge in [0.1, 0.15) is 5.75 Å². The number of aromatic nitrogens is 2. The lowest BCUT2D eigenvalue weighted by Crippen LogP contribution is -2.39. The number of hydrogen-bond acceptors (Lipinski definition) is 6.